The van der Waals surface area contributed by atoms with Crippen LogP contribution in [0.25, 0.3) is 11.4 Å². The van der Waals surface area contributed by atoms with Gasteiger partial charge in [0.1, 0.15) is 5.69 Å². The molecule has 2 heterocycles. The molecule has 0 unspecified atom stereocenters. The fraction of sp³-hybridized carbons (Fsp3) is 0.0714. The number of H-pyrrole nitrogens is 1. The number of benzene rings is 1. The van der Waals surface area contributed by atoms with Gasteiger partial charge in [-0.25, -0.2) is 9.97 Å². The van der Waals surface area contributed by atoms with Crippen molar-refractivity contribution in [2.45, 2.75) is 6.18 Å². The van der Waals surface area contributed by atoms with Crippen molar-refractivity contribution in [3.63, 3.8) is 0 Å². The van der Waals surface area contributed by atoms with Crippen LogP contribution >= 0.6 is 0 Å². The minimum Gasteiger partial charge on any atom is -0.323 e. The largest absolute Gasteiger partial charge is 0.433 e. The Morgan fingerprint density at radius 1 is 1.17 bits per heavy atom. The van der Waals surface area contributed by atoms with Gasteiger partial charge in [-0.2, -0.15) is 18.4 Å². The molecule has 120 valence electrons. The van der Waals surface area contributed by atoms with Crippen LogP contribution in [0.3, 0.4) is 0 Å². The molecule has 0 saturated heterocycles. The SMILES string of the molecule is C#Cc1cc(C(F)(F)F)nc(Nc2ccccc2-c2nn[nH]n2)n1. The van der Waals surface area contributed by atoms with Gasteiger partial charge in [-0.3, -0.25) is 0 Å². The van der Waals surface area contributed by atoms with Gasteiger partial charge in [0.2, 0.25) is 11.8 Å². The first-order chi connectivity index (χ1) is 11.5. The first-order valence-electron chi connectivity index (χ1n) is 6.50. The van der Waals surface area contributed by atoms with E-state index in [4.69, 9.17) is 6.42 Å². The standard InChI is InChI=1S/C14H8F3N7/c1-2-8-7-11(14(15,16)17)20-13(18-8)19-10-6-4-3-5-9(10)12-21-23-24-22-12/h1,3-7H,(H,18,19,20)(H,21,22,23,24). The van der Waals surface area contributed by atoms with Crippen LogP contribution in [0.1, 0.15) is 11.4 Å². The zero-order valence-electron chi connectivity index (χ0n) is 11.8. The van der Waals surface area contributed by atoms with Crippen molar-refractivity contribution in [3.8, 4) is 23.7 Å². The third kappa shape index (κ3) is 3.14. The number of nitrogens with zero attached hydrogens (tertiary/aromatic N) is 5. The van der Waals surface area contributed by atoms with E-state index in [0.29, 0.717) is 17.3 Å². The molecule has 0 radical (unpaired) electrons. The zero-order valence-corrected chi connectivity index (χ0v) is 11.8. The number of hydrogen-bond donors (Lipinski definition) is 2. The van der Waals surface area contributed by atoms with Crippen LogP contribution in [0.15, 0.2) is 30.3 Å². The highest BCUT2D eigenvalue weighted by atomic mass is 19.4. The van der Waals surface area contributed by atoms with Crippen molar-refractivity contribution in [3.05, 3.63) is 41.7 Å². The lowest BCUT2D eigenvalue weighted by Crippen LogP contribution is -2.11. The number of rotatable bonds is 3. The van der Waals surface area contributed by atoms with Gasteiger partial charge < -0.3 is 5.32 Å². The molecule has 0 aliphatic rings. The second kappa shape index (κ2) is 5.96. The van der Waals surface area contributed by atoms with Crippen LogP contribution in [0.2, 0.25) is 0 Å². The molecule has 2 aromatic heterocycles. The summed E-state index contributed by atoms with van der Waals surface area (Å²) in [5.41, 5.74) is -0.405. The molecule has 7 nitrogen and oxygen atoms in total. The number of halogens is 3. The molecule has 0 amide bonds. The van der Waals surface area contributed by atoms with E-state index >= 15 is 0 Å². The van der Waals surface area contributed by atoms with E-state index in [9.17, 15) is 13.2 Å². The molecule has 0 aliphatic heterocycles. The molecule has 0 bridgehead atoms. The molecule has 0 atom stereocenters. The van der Waals surface area contributed by atoms with E-state index in [2.05, 4.69) is 41.8 Å². The van der Waals surface area contributed by atoms with Crippen LogP contribution in [0.5, 0.6) is 0 Å². The summed E-state index contributed by atoms with van der Waals surface area (Å²) in [4.78, 5) is 7.32. The Balaban J connectivity index is 2.03. The average Bonchev–Trinajstić information content (AvgIpc) is 3.08. The summed E-state index contributed by atoms with van der Waals surface area (Å²) < 4.78 is 38.7. The zero-order chi connectivity index (χ0) is 17.2. The van der Waals surface area contributed by atoms with Crippen molar-refractivity contribution in [1.82, 2.24) is 30.6 Å². The molecular formula is C14H8F3N7. The molecule has 0 saturated carbocycles. The summed E-state index contributed by atoms with van der Waals surface area (Å²) >= 11 is 0. The minimum absolute atomic E-state index is 0.183. The van der Waals surface area contributed by atoms with E-state index in [1.54, 1.807) is 24.3 Å². The van der Waals surface area contributed by atoms with Crippen molar-refractivity contribution in [2.75, 3.05) is 5.32 Å². The van der Waals surface area contributed by atoms with Crippen LogP contribution in [0, 0.1) is 12.3 Å². The lowest BCUT2D eigenvalue weighted by Gasteiger charge is -2.11. The Bertz CT molecular complexity index is 897. The first kappa shape index (κ1) is 15.4. The van der Waals surface area contributed by atoms with Crippen LogP contribution < -0.4 is 5.32 Å². The van der Waals surface area contributed by atoms with Crippen LogP contribution in [-0.4, -0.2) is 30.6 Å². The predicted molar refractivity (Wildman–Crippen MR) is 77.9 cm³/mol. The van der Waals surface area contributed by atoms with Gasteiger partial charge in [0.15, 0.2) is 5.69 Å². The predicted octanol–water partition coefficient (Wildman–Crippen LogP) is 2.40. The molecule has 24 heavy (non-hydrogen) atoms. The number of nitrogens with one attached hydrogen (secondary N) is 2. The molecule has 2 N–H and O–H groups in total. The van der Waals surface area contributed by atoms with Gasteiger partial charge in [-0.15, -0.1) is 16.6 Å². The molecule has 0 fully saturated rings. The second-order valence-electron chi connectivity index (χ2n) is 4.51. The fourth-order valence-electron chi connectivity index (χ4n) is 1.91. The number of hydrogen-bond acceptors (Lipinski definition) is 6. The Morgan fingerprint density at radius 3 is 2.62 bits per heavy atom. The molecule has 0 aliphatic carbocycles. The maximum absolute atomic E-state index is 12.9. The lowest BCUT2D eigenvalue weighted by atomic mass is 10.1. The van der Waals surface area contributed by atoms with Crippen molar-refractivity contribution < 1.29 is 13.2 Å². The monoisotopic (exact) mass is 331 g/mol. The maximum atomic E-state index is 12.9. The number of aromatic amines is 1. The smallest absolute Gasteiger partial charge is 0.323 e. The lowest BCUT2D eigenvalue weighted by molar-refractivity contribution is -0.141. The highest BCUT2D eigenvalue weighted by Crippen LogP contribution is 2.30. The number of aromatic nitrogens is 6. The summed E-state index contributed by atoms with van der Waals surface area (Å²) in [5.74, 6) is 2.06. The van der Waals surface area contributed by atoms with E-state index in [1.807, 2.05) is 0 Å². The molecular weight excluding hydrogens is 323 g/mol. The normalized spacial score (nSPS) is 11.1. The second-order valence-corrected chi connectivity index (χ2v) is 4.51. The average molecular weight is 331 g/mol. The number of tetrazole rings is 1. The Labute approximate surface area is 133 Å². The maximum Gasteiger partial charge on any atom is 0.433 e. The van der Waals surface area contributed by atoms with E-state index in [0.717, 1.165) is 0 Å². The van der Waals surface area contributed by atoms with Crippen LogP contribution in [-0.2, 0) is 6.18 Å². The number of anilines is 2. The highest BCUT2D eigenvalue weighted by Gasteiger charge is 2.33. The summed E-state index contributed by atoms with van der Waals surface area (Å²) in [5, 5.41) is 16.1. The topological polar surface area (TPSA) is 92.3 Å². The Kier molecular flexibility index (Phi) is 3.83. The quantitative estimate of drug-likeness (QED) is 0.716. The summed E-state index contributed by atoms with van der Waals surface area (Å²) in [7, 11) is 0. The van der Waals surface area contributed by atoms with Crippen LogP contribution in [0.4, 0.5) is 24.8 Å². The number of alkyl halides is 3. The Morgan fingerprint density at radius 2 is 1.96 bits per heavy atom. The highest BCUT2D eigenvalue weighted by molar-refractivity contribution is 5.75. The minimum atomic E-state index is -4.64. The van der Waals surface area contributed by atoms with Crippen molar-refractivity contribution in [1.29, 1.82) is 0 Å². The van der Waals surface area contributed by atoms with E-state index in [-0.39, 0.29) is 17.5 Å². The molecule has 10 heteroatoms. The first-order valence-corrected chi connectivity index (χ1v) is 6.50. The van der Waals surface area contributed by atoms with Gasteiger partial charge in [-0.05, 0) is 17.3 Å². The molecule has 3 rings (SSSR count). The molecule has 1 aromatic carbocycles. The van der Waals surface area contributed by atoms with Crippen molar-refractivity contribution >= 4 is 11.6 Å². The van der Waals surface area contributed by atoms with Gasteiger partial charge >= 0.3 is 6.18 Å². The summed E-state index contributed by atoms with van der Waals surface area (Å²) in [6.45, 7) is 0. The number of terminal acetylenes is 1. The van der Waals surface area contributed by atoms with Gasteiger partial charge in [0.25, 0.3) is 0 Å². The third-order valence-corrected chi connectivity index (χ3v) is 2.92. The van der Waals surface area contributed by atoms with E-state index in [1.165, 1.54) is 0 Å². The van der Waals surface area contributed by atoms with E-state index < -0.39 is 11.9 Å². The summed E-state index contributed by atoms with van der Waals surface area (Å²) in [6.07, 6.45) is 0.523. The molecule has 0 spiro atoms. The van der Waals surface area contributed by atoms with Gasteiger partial charge in [0, 0.05) is 11.6 Å². The third-order valence-electron chi connectivity index (χ3n) is 2.92. The van der Waals surface area contributed by atoms with Crippen molar-refractivity contribution in [2.24, 2.45) is 0 Å². The van der Waals surface area contributed by atoms with Gasteiger partial charge in [-0.1, -0.05) is 18.1 Å². The summed E-state index contributed by atoms with van der Waals surface area (Å²) in [6, 6.07) is 7.39. The Hall–Kier alpha value is -3.48. The molecule has 3 aromatic rings. The fourth-order valence-corrected chi connectivity index (χ4v) is 1.91. The number of para-hydroxylation sites is 1. The van der Waals surface area contributed by atoms with Gasteiger partial charge in [0.05, 0.1) is 5.69 Å².